The molecular weight excluding hydrogens is 300 g/mol. The Kier molecular flexibility index (Phi) is 4.48. The predicted octanol–water partition coefficient (Wildman–Crippen LogP) is 2.73. The smallest absolute Gasteiger partial charge is 0.223 e. The van der Waals surface area contributed by atoms with E-state index in [1.165, 1.54) is 0 Å². The van der Waals surface area contributed by atoms with Crippen molar-refractivity contribution < 1.29 is 9.59 Å². The fraction of sp³-hybridized carbons (Fsp3) is 0.412. The van der Waals surface area contributed by atoms with E-state index in [0.717, 1.165) is 26.1 Å². The molecule has 1 atom stereocenters. The summed E-state index contributed by atoms with van der Waals surface area (Å²) < 4.78 is 0. The number of hydrogen-bond acceptors (Lipinski definition) is 3. The van der Waals surface area contributed by atoms with E-state index in [2.05, 4.69) is 17.2 Å². The average molecular weight is 319 g/mol. The molecule has 4 nitrogen and oxygen atoms in total. The van der Waals surface area contributed by atoms with Crippen LogP contribution in [0.25, 0.3) is 0 Å². The Labute approximate surface area is 135 Å². The molecule has 1 fully saturated rings. The van der Waals surface area contributed by atoms with Gasteiger partial charge in [0.2, 0.25) is 5.91 Å². The summed E-state index contributed by atoms with van der Waals surface area (Å²) >= 11 is 5.81. The van der Waals surface area contributed by atoms with Crippen LogP contribution in [0.2, 0.25) is 5.02 Å². The molecule has 2 heterocycles. The van der Waals surface area contributed by atoms with E-state index in [1.54, 1.807) is 24.3 Å². The molecule has 0 bridgehead atoms. The van der Waals surface area contributed by atoms with Gasteiger partial charge in [0.1, 0.15) is 0 Å². The zero-order chi connectivity index (χ0) is 15.5. The largest absolute Gasteiger partial charge is 0.371 e. The van der Waals surface area contributed by atoms with E-state index < -0.39 is 0 Å². The standard InChI is InChI=1S/C17H19ClN2O2/c18-14-5-3-13(4-6-14)16(21)7-8-17(22)20-11-10-19-9-1-2-15(19)12-20/h1,3-6,9,15H,2,7-8,10-12H2/t15-/m0/s1. The molecule has 2 aliphatic heterocycles. The summed E-state index contributed by atoms with van der Waals surface area (Å²) in [5.41, 5.74) is 0.613. The van der Waals surface area contributed by atoms with E-state index in [9.17, 15) is 9.59 Å². The first-order valence-corrected chi connectivity index (χ1v) is 8.00. The van der Waals surface area contributed by atoms with Gasteiger partial charge in [-0.3, -0.25) is 9.59 Å². The van der Waals surface area contributed by atoms with Gasteiger partial charge in [-0.25, -0.2) is 0 Å². The van der Waals surface area contributed by atoms with Crippen LogP contribution in [0.3, 0.4) is 0 Å². The highest BCUT2D eigenvalue weighted by atomic mass is 35.5. The van der Waals surface area contributed by atoms with Crippen LogP contribution in [-0.4, -0.2) is 47.2 Å². The molecule has 3 rings (SSSR count). The quantitative estimate of drug-likeness (QED) is 0.802. The summed E-state index contributed by atoms with van der Waals surface area (Å²) in [7, 11) is 0. The van der Waals surface area contributed by atoms with Crippen LogP contribution in [0.5, 0.6) is 0 Å². The van der Waals surface area contributed by atoms with Crippen LogP contribution >= 0.6 is 11.6 Å². The van der Waals surface area contributed by atoms with E-state index in [0.29, 0.717) is 16.6 Å². The first kappa shape index (κ1) is 15.1. The van der Waals surface area contributed by atoms with E-state index >= 15 is 0 Å². The fourth-order valence-electron chi connectivity index (χ4n) is 3.01. The number of ketones is 1. The minimum atomic E-state index is -0.00816. The number of benzene rings is 1. The van der Waals surface area contributed by atoms with Gasteiger partial charge in [0, 0.05) is 49.1 Å². The highest BCUT2D eigenvalue weighted by molar-refractivity contribution is 6.30. The van der Waals surface area contributed by atoms with Crippen molar-refractivity contribution in [2.45, 2.75) is 25.3 Å². The Hall–Kier alpha value is -1.81. The van der Waals surface area contributed by atoms with Crippen LogP contribution in [0, 0.1) is 0 Å². The SMILES string of the molecule is O=C(CCC(=O)N1CCN2C=CC[C@H]2C1)c1ccc(Cl)cc1. The Balaban J connectivity index is 1.50. The number of fused-ring (bicyclic) bond motifs is 1. The third-order valence-corrected chi connectivity index (χ3v) is 4.57. The Morgan fingerprint density at radius 3 is 2.68 bits per heavy atom. The lowest BCUT2D eigenvalue weighted by Crippen LogP contribution is -2.51. The molecule has 0 aliphatic carbocycles. The third-order valence-electron chi connectivity index (χ3n) is 4.32. The monoisotopic (exact) mass is 318 g/mol. The number of piperazine rings is 1. The first-order valence-electron chi connectivity index (χ1n) is 7.62. The van der Waals surface area contributed by atoms with Crippen molar-refractivity contribution in [1.29, 1.82) is 0 Å². The van der Waals surface area contributed by atoms with Gasteiger partial charge in [0.05, 0.1) is 0 Å². The maximum atomic E-state index is 12.3. The van der Waals surface area contributed by atoms with Crippen molar-refractivity contribution in [2.24, 2.45) is 0 Å². The first-order chi connectivity index (χ1) is 10.6. The summed E-state index contributed by atoms with van der Waals surface area (Å²) in [6, 6.07) is 7.23. The number of carbonyl (C=O) groups is 2. The van der Waals surface area contributed by atoms with Gasteiger partial charge in [0.25, 0.3) is 0 Å². The lowest BCUT2D eigenvalue weighted by molar-refractivity contribution is -0.133. The van der Waals surface area contributed by atoms with Crippen molar-refractivity contribution in [3.8, 4) is 0 Å². The summed E-state index contributed by atoms with van der Waals surface area (Å²) in [5, 5.41) is 0.607. The zero-order valence-electron chi connectivity index (χ0n) is 12.4. The van der Waals surface area contributed by atoms with Gasteiger partial charge in [0.15, 0.2) is 5.78 Å². The summed E-state index contributed by atoms with van der Waals surface area (Å²) in [5.74, 6) is 0.0695. The lowest BCUT2D eigenvalue weighted by Gasteiger charge is -2.38. The minimum absolute atomic E-state index is 0.00816. The fourth-order valence-corrected chi connectivity index (χ4v) is 3.14. The van der Waals surface area contributed by atoms with Crippen LogP contribution in [-0.2, 0) is 4.79 Å². The average Bonchev–Trinajstić information content (AvgIpc) is 3.00. The van der Waals surface area contributed by atoms with Crippen LogP contribution in [0.15, 0.2) is 36.5 Å². The molecule has 1 aromatic carbocycles. The minimum Gasteiger partial charge on any atom is -0.371 e. The molecule has 0 saturated carbocycles. The highest BCUT2D eigenvalue weighted by Crippen LogP contribution is 2.20. The molecule has 0 aromatic heterocycles. The zero-order valence-corrected chi connectivity index (χ0v) is 13.1. The van der Waals surface area contributed by atoms with Crippen molar-refractivity contribution in [3.63, 3.8) is 0 Å². The number of Topliss-reactive ketones (excluding diaryl/α,β-unsaturated/α-hetero) is 1. The Morgan fingerprint density at radius 2 is 1.91 bits per heavy atom. The van der Waals surface area contributed by atoms with Crippen molar-refractivity contribution in [1.82, 2.24) is 9.80 Å². The topological polar surface area (TPSA) is 40.6 Å². The van der Waals surface area contributed by atoms with Gasteiger partial charge >= 0.3 is 0 Å². The molecule has 22 heavy (non-hydrogen) atoms. The second kappa shape index (κ2) is 6.53. The third kappa shape index (κ3) is 3.33. The van der Waals surface area contributed by atoms with Crippen molar-refractivity contribution in [2.75, 3.05) is 19.6 Å². The molecular formula is C17H19ClN2O2. The molecule has 0 radical (unpaired) electrons. The van der Waals surface area contributed by atoms with E-state index in [4.69, 9.17) is 11.6 Å². The predicted molar refractivity (Wildman–Crippen MR) is 85.8 cm³/mol. The molecule has 1 aromatic rings. The lowest BCUT2D eigenvalue weighted by atomic mass is 10.1. The number of nitrogens with zero attached hydrogens (tertiary/aromatic N) is 2. The highest BCUT2D eigenvalue weighted by Gasteiger charge is 2.29. The molecule has 1 saturated heterocycles. The summed E-state index contributed by atoms with van der Waals surface area (Å²) in [4.78, 5) is 28.6. The number of amides is 1. The number of rotatable bonds is 4. The molecule has 0 spiro atoms. The number of hydrogen-bond donors (Lipinski definition) is 0. The second-order valence-electron chi connectivity index (χ2n) is 5.78. The van der Waals surface area contributed by atoms with Crippen LogP contribution < -0.4 is 0 Å². The molecule has 2 aliphatic rings. The van der Waals surface area contributed by atoms with Gasteiger partial charge < -0.3 is 9.80 Å². The van der Waals surface area contributed by atoms with Crippen molar-refractivity contribution in [3.05, 3.63) is 47.1 Å². The second-order valence-corrected chi connectivity index (χ2v) is 6.22. The molecule has 1 amide bonds. The normalized spacial score (nSPS) is 20.1. The molecule has 0 N–H and O–H groups in total. The Morgan fingerprint density at radius 1 is 1.14 bits per heavy atom. The Bertz CT molecular complexity index is 597. The van der Waals surface area contributed by atoms with E-state index in [1.807, 2.05) is 4.90 Å². The van der Waals surface area contributed by atoms with E-state index in [-0.39, 0.29) is 24.5 Å². The molecule has 0 unspecified atom stereocenters. The van der Waals surface area contributed by atoms with Crippen LogP contribution in [0.1, 0.15) is 29.6 Å². The summed E-state index contributed by atoms with van der Waals surface area (Å²) in [6.07, 6.45) is 5.82. The van der Waals surface area contributed by atoms with Gasteiger partial charge in [-0.15, -0.1) is 0 Å². The van der Waals surface area contributed by atoms with Crippen LogP contribution in [0.4, 0.5) is 0 Å². The van der Waals surface area contributed by atoms with Gasteiger partial charge in [-0.05, 0) is 36.9 Å². The molecule has 116 valence electrons. The van der Waals surface area contributed by atoms with Crippen molar-refractivity contribution >= 4 is 23.3 Å². The number of carbonyl (C=O) groups excluding carboxylic acids is 2. The van der Waals surface area contributed by atoms with Gasteiger partial charge in [-0.1, -0.05) is 17.7 Å². The maximum Gasteiger partial charge on any atom is 0.223 e. The molecule has 5 heteroatoms. The number of halogens is 1. The summed E-state index contributed by atoms with van der Waals surface area (Å²) in [6.45, 7) is 2.40. The van der Waals surface area contributed by atoms with Gasteiger partial charge in [-0.2, -0.15) is 0 Å². The maximum absolute atomic E-state index is 12.3.